The molecule has 162 valence electrons. The predicted molar refractivity (Wildman–Crippen MR) is 111 cm³/mol. The molecule has 0 saturated carbocycles. The van der Waals surface area contributed by atoms with Gasteiger partial charge in [-0.15, -0.1) is 0 Å². The van der Waals surface area contributed by atoms with E-state index in [0.717, 1.165) is 12.0 Å². The molecule has 0 aliphatic carbocycles. The molecule has 2 atom stereocenters. The van der Waals surface area contributed by atoms with E-state index in [-0.39, 0.29) is 23.3 Å². The topological polar surface area (TPSA) is 102 Å². The molecular weight excluding hydrogens is 420 g/mol. The van der Waals surface area contributed by atoms with Gasteiger partial charge in [-0.1, -0.05) is 6.07 Å². The Morgan fingerprint density at radius 1 is 1.19 bits per heavy atom. The number of carbonyl (C=O) groups is 2. The minimum Gasteiger partial charge on any atom is -0.468 e. The van der Waals surface area contributed by atoms with Crippen LogP contribution >= 0.6 is 0 Å². The van der Waals surface area contributed by atoms with Gasteiger partial charge in [0, 0.05) is 35.7 Å². The maximum atomic E-state index is 13.5. The molecule has 3 aliphatic rings. The smallest absolute Gasteiger partial charge is 0.324 e. The van der Waals surface area contributed by atoms with E-state index in [1.807, 2.05) is 6.07 Å². The Balaban J connectivity index is 1.57. The predicted octanol–water partition coefficient (Wildman–Crippen LogP) is 2.38. The van der Waals surface area contributed by atoms with Crippen LogP contribution < -0.4 is 10.1 Å². The second-order valence-corrected chi connectivity index (χ2v) is 9.82. The molecule has 1 fully saturated rings. The number of piperidine rings is 1. The van der Waals surface area contributed by atoms with Crippen LogP contribution in [0.5, 0.6) is 11.5 Å². The van der Waals surface area contributed by atoms with Crippen molar-refractivity contribution in [3.05, 3.63) is 53.1 Å². The van der Waals surface area contributed by atoms with Gasteiger partial charge in [0.25, 0.3) is 5.91 Å². The number of ether oxygens (including phenoxy) is 2. The number of fused-ring (bicyclic) bond motifs is 2. The van der Waals surface area contributed by atoms with Crippen molar-refractivity contribution in [3.8, 4) is 11.5 Å². The minimum absolute atomic E-state index is 0.100. The van der Waals surface area contributed by atoms with Crippen molar-refractivity contribution in [2.45, 2.75) is 36.1 Å². The molecular formula is C22H22N2O6S. The normalized spacial score (nSPS) is 22.5. The molecule has 3 heterocycles. The third-order valence-corrected chi connectivity index (χ3v) is 8.14. The third-order valence-electron chi connectivity index (χ3n) is 6.24. The minimum atomic E-state index is -3.92. The van der Waals surface area contributed by atoms with Crippen LogP contribution in [0, 0.1) is 0 Å². The fourth-order valence-electron chi connectivity index (χ4n) is 4.72. The Hall–Kier alpha value is -2.91. The van der Waals surface area contributed by atoms with Crippen LogP contribution in [0.4, 0.5) is 0 Å². The fraction of sp³-hybridized carbons (Fsp3) is 0.364. The van der Waals surface area contributed by atoms with E-state index in [1.165, 1.54) is 17.5 Å². The summed E-state index contributed by atoms with van der Waals surface area (Å²) in [4.78, 5) is 24.6. The zero-order valence-electron chi connectivity index (χ0n) is 17.0. The second kappa shape index (κ2) is 7.35. The number of nitrogens with zero attached hydrogens (tertiary/aromatic N) is 1. The molecule has 31 heavy (non-hydrogen) atoms. The van der Waals surface area contributed by atoms with Gasteiger partial charge in [0.15, 0.2) is 0 Å². The fourth-order valence-corrected chi connectivity index (χ4v) is 6.40. The SMILES string of the molecule is COC(=O)C1CCCCN1S(=O)(=O)c1ccc2c(c1)C1CNC(=O)c3cccc(c31)O2. The van der Waals surface area contributed by atoms with E-state index in [0.29, 0.717) is 42.0 Å². The molecule has 8 nitrogen and oxygen atoms in total. The summed E-state index contributed by atoms with van der Waals surface area (Å²) in [5.74, 6) is 0.256. The quantitative estimate of drug-likeness (QED) is 0.733. The van der Waals surface area contributed by atoms with Crippen molar-refractivity contribution in [2.75, 3.05) is 20.2 Å². The van der Waals surface area contributed by atoms with E-state index in [1.54, 1.807) is 24.3 Å². The molecule has 1 amide bonds. The first-order valence-electron chi connectivity index (χ1n) is 10.2. The number of rotatable bonds is 3. The summed E-state index contributed by atoms with van der Waals surface area (Å²) in [6.45, 7) is 0.624. The number of sulfonamides is 1. The van der Waals surface area contributed by atoms with Gasteiger partial charge in [0.2, 0.25) is 10.0 Å². The molecule has 3 aliphatic heterocycles. The number of benzene rings is 2. The lowest BCUT2D eigenvalue weighted by molar-refractivity contribution is -0.146. The number of amides is 1. The van der Waals surface area contributed by atoms with Gasteiger partial charge in [-0.05, 0) is 49.6 Å². The molecule has 0 spiro atoms. The van der Waals surface area contributed by atoms with E-state index in [2.05, 4.69) is 5.32 Å². The molecule has 0 radical (unpaired) electrons. The Kier molecular flexibility index (Phi) is 4.75. The summed E-state index contributed by atoms with van der Waals surface area (Å²) in [5, 5.41) is 2.88. The summed E-state index contributed by atoms with van der Waals surface area (Å²) in [5.41, 5.74) is 2.01. The molecule has 1 saturated heterocycles. The van der Waals surface area contributed by atoms with Crippen LogP contribution in [0.1, 0.15) is 46.7 Å². The van der Waals surface area contributed by atoms with Crippen LogP contribution in [0.2, 0.25) is 0 Å². The molecule has 2 aromatic rings. The standard InChI is InChI=1S/C22H22N2O6S/c1-29-22(26)17-6-2-3-10-24(17)31(27,28)13-8-9-18-15(11-13)16-12-23-21(25)14-5-4-7-19(30-18)20(14)16/h4-5,7-9,11,16-17H,2-3,6,10,12H2,1H3,(H,23,25). The van der Waals surface area contributed by atoms with Gasteiger partial charge in [-0.25, -0.2) is 8.42 Å². The number of esters is 1. The number of hydrogen-bond acceptors (Lipinski definition) is 6. The average Bonchev–Trinajstić information content (AvgIpc) is 2.80. The molecule has 9 heteroatoms. The van der Waals surface area contributed by atoms with Crippen molar-refractivity contribution in [1.82, 2.24) is 9.62 Å². The molecule has 0 aromatic heterocycles. The Labute approximate surface area is 180 Å². The van der Waals surface area contributed by atoms with Crippen molar-refractivity contribution in [2.24, 2.45) is 0 Å². The molecule has 1 N–H and O–H groups in total. The molecule has 0 bridgehead atoms. The van der Waals surface area contributed by atoms with Gasteiger partial charge < -0.3 is 14.8 Å². The highest BCUT2D eigenvalue weighted by atomic mass is 32.2. The van der Waals surface area contributed by atoms with Crippen LogP contribution in [0.3, 0.4) is 0 Å². The highest BCUT2D eigenvalue weighted by molar-refractivity contribution is 7.89. The second-order valence-electron chi connectivity index (χ2n) is 7.93. The van der Waals surface area contributed by atoms with Gasteiger partial charge >= 0.3 is 5.97 Å². The zero-order valence-corrected chi connectivity index (χ0v) is 17.8. The van der Waals surface area contributed by atoms with E-state index >= 15 is 0 Å². The van der Waals surface area contributed by atoms with E-state index in [9.17, 15) is 18.0 Å². The lowest BCUT2D eigenvalue weighted by Gasteiger charge is -2.35. The van der Waals surface area contributed by atoms with Crippen LogP contribution in [-0.4, -0.2) is 50.8 Å². The van der Waals surface area contributed by atoms with Gasteiger partial charge in [0.1, 0.15) is 17.5 Å². The highest BCUT2D eigenvalue weighted by Gasteiger charge is 2.40. The summed E-state index contributed by atoms with van der Waals surface area (Å²) < 4.78 is 39.1. The largest absolute Gasteiger partial charge is 0.468 e. The lowest BCUT2D eigenvalue weighted by Crippen LogP contribution is -2.48. The summed E-state index contributed by atoms with van der Waals surface area (Å²) in [6, 6.07) is 9.26. The Morgan fingerprint density at radius 3 is 2.84 bits per heavy atom. The number of carbonyl (C=O) groups excluding carboxylic acids is 2. The van der Waals surface area contributed by atoms with Gasteiger partial charge in [0.05, 0.1) is 12.0 Å². The summed E-state index contributed by atoms with van der Waals surface area (Å²) in [6.07, 6.45) is 1.89. The number of methoxy groups -OCH3 is 1. The van der Waals surface area contributed by atoms with Gasteiger partial charge in [-0.3, -0.25) is 9.59 Å². The van der Waals surface area contributed by atoms with Crippen LogP contribution in [-0.2, 0) is 19.6 Å². The lowest BCUT2D eigenvalue weighted by atomic mass is 9.82. The van der Waals surface area contributed by atoms with Crippen molar-refractivity contribution >= 4 is 21.9 Å². The first-order valence-corrected chi connectivity index (χ1v) is 11.7. The van der Waals surface area contributed by atoms with Gasteiger partial charge in [-0.2, -0.15) is 4.31 Å². The highest BCUT2D eigenvalue weighted by Crippen LogP contribution is 2.47. The maximum Gasteiger partial charge on any atom is 0.324 e. The number of hydrogen-bond donors (Lipinski definition) is 1. The Morgan fingerprint density at radius 2 is 2.03 bits per heavy atom. The molecule has 5 rings (SSSR count). The Bertz CT molecular complexity index is 1190. The average molecular weight is 442 g/mol. The zero-order chi connectivity index (χ0) is 21.8. The van der Waals surface area contributed by atoms with Crippen LogP contribution in [0.25, 0.3) is 0 Å². The first-order chi connectivity index (χ1) is 14.9. The van der Waals surface area contributed by atoms with E-state index in [4.69, 9.17) is 9.47 Å². The van der Waals surface area contributed by atoms with E-state index < -0.39 is 22.0 Å². The molecule has 2 unspecified atom stereocenters. The monoisotopic (exact) mass is 442 g/mol. The third kappa shape index (κ3) is 3.11. The summed E-state index contributed by atoms with van der Waals surface area (Å²) >= 11 is 0. The summed E-state index contributed by atoms with van der Waals surface area (Å²) in [7, 11) is -2.65. The number of nitrogens with one attached hydrogen (secondary N) is 1. The van der Waals surface area contributed by atoms with Crippen molar-refractivity contribution < 1.29 is 27.5 Å². The van der Waals surface area contributed by atoms with Crippen LogP contribution in [0.15, 0.2) is 41.3 Å². The maximum absolute atomic E-state index is 13.5. The van der Waals surface area contributed by atoms with Crippen molar-refractivity contribution in [3.63, 3.8) is 0 Å². The van der Waals surface area contributed by atoms with Crippen molar-refractivity contribution in [1.29, 1.82) is 0 Å². The molecule has 2 aromatic carbocycles. The first kappa shape index (κ1) is 20.0.